The molecule has 2 N–H and O–H groups in total. The van der Waals surface area contributed by atoms with Crippen LogP contribution in [-0.2, 0) is 4.79 Å². The van der Waals surface area contributed by atoms with E-state index in [0.29, 0.717) is 11.7 Å². The van der Waals surface area contributed by atoms with Gasteiger partial charge >= 0.3 is 12.0 Å². The smallest absolute Gasteiger partial charge is 0.327 e. The Balaban J connectivity index is 1.73. The van der Waals surface area contributed by atoms with E-state index < -0.39 is 12.0 Å². The highest BCUT2D eigenvalue weighted by molar-refractivity contribution is 8.00. The van der Waals surface area contributed by atoms with Crippen molar-refractivity contribution in [3.05, 3.63) is 0 Å². The summed E-state index contributed by atoms with van der Waals surface area (Å²) in [5, 5.41) is 12.8. The van der Waals surface area contributed by atoms with Gasteiger partial charge in [0.2, 0.25) is 0 Å². The maximum absolute atomic E-state index is 12.9. The molecule has 0 spiro atoms. The molecule has 1 saturated carbocycles. The lowest BCUT2D eigenvalue weighted by molar-refractivity contribution is -0.141. The van der Waals surface area contributed by atoms with Crippen LogP contribution < -0.4 is 5.32 Å². The van der Waals surface area contributed by atoms with Crippen molar-refractivity contribution in [1.82, 2.24) is 15.1 Å². The Morgan fingerprint density at radius 1 is 1.24 bits per heavy atom. The number of carboxylic acids is 1. The van der Waals surface area contributed by atoms with Gasteiger partial charge in [0.1, 0.15) is 6.04 Å². The molecule has 3 rings (SSSR count). The average Bonchev–Trinajstić information content (AvgIpc) is 3.24. The van der Waals surface area contributed by atoms with E-state index >= 15 is 0 Å². The van der Waals surface area contributed by atoms with Crippen LogP contribution in [0.2, 0.25) is 0 Å². The van der Waals surface area contributed by atoms with Gasteiger partial charge in [-0.15, -0.1) is 11.8 Å². The normalized spacial score (nSPS) is 30.4. The largest absolute Gasteiger partial charge is 0.480 e. The number of nitrogens with one attached hydrogen (secondary N) is 1. The number of amides is 2. The number of nitrogens with zero attached hydrogens (tertiary/aromatic N) is 2. The second-order valence-electron chi connectivity index (χ2n) is 6.20. The molecule has 118 valence electrons. The molecule has 21 heavy (non-hydrogen) atoms. The van der Waals surface area contributed by atoms with Gasteiger partial charge in [0.05, 0.1) is 5.37 Å². The van der Waals surface area contributed by atoms with Gasteiger partial charge < -0.3 is 15.3 Å². The molecule has 6 nitrogen and oxygen atoms in total. The van der Waals surface area contributed by atoms with E-state index in [4.69, 9.17) is 0 Å². The first-order valence-electron chi connectivity index (χ1n) is 7.70. The van der Waals surface area contributed by atoms with Crippen molar-refractivity contribution < 1.29 is 14.7 Å². The second-order valence-corrected chi connectivity index (χ2v) is 7.35. The Bertz CT molecular complexity index is 424. The molecular weight excluding hydrogens is 290 g/mol. The molecule has 2 heterocycles. The van der Waals surface area contributed by atoms with E-state index in [2.05, 4.69) is 5.32 Å². The molecule has 7 heteroatoms. The maximum Gasteiger partial charge on any atom is 0.327 e. The van der Waals surface area contributed by atoms with Crippen LogP contribution >= 0.6 is 11.8 Å². The zero-order chi connectivity index (χ0) is 15.0. The van der Waals surface area contributed by atoms with Crippen molar-refractivity contribution in [3.63, 3.8) is 0 Å². The summed E-state index contributed by atoms with van der Waals surface area (Å²) in [6, 6.07) is -0.549. The van der Waals surface area contributed by atoms with Crippen molar-refractivity contribution in [2.75, 3.05) is 25.9 Å². The summed E-state index contributed by atoms with van der Waals surface area (Å²) in [5.74, 6) is 0.130. The van der Waals surface area contributed by atoms with Crippen molar-refractivity contribution in [2.45, 2.75) is 43.1 Å². The maximum atomic E-state index is 12.9. The van der Waals surface area contributed by atoms with Crippen LogP contribution in [0.5, 0.6) is 0 Å². The van der Waals surface area contributed by atoms with Crippen LogP contribution in [0.15, 0.2) is 0 Å². The van der Waals surface area contributed by atoms with E-state index in [1.165, 1.54) is 0 Å². The summed E-state index contributed by atoms with van der Waals surface area (Å²) in [4.78, 5) is 27.7. The Morgan fingerprint density at radius 2 is 1.90 bits per heavy atom. The highest BCUT2D eigenvalue weighted by Crippen LogP contribution is 2.45. The fourth-order valence-corrected chi connectivity index (χ4v) is 4.86. The van der Waals surface area contributed by atoms with Gasteiger partial charge in [-0.1, -0.05) is 0 Å². The molecule has 1 aliphatic carbocycles. The Kier molecular flexibility index (Phi) is 4.31. The number of piperidine rings is 1. The van der Waals surface area contributed by atoms with Crippen LogP contribution in [0.1, 0.15) is 25.7 Å². The highest BCUT2D eigenvalue weighted by atomic mass is 32.2. The number of rotatable bonds is 3. The van der Waals surface area contributed by atoms with Gasteiger partial charge in [-0.25, -0.2) is 9.59 Å². The molecule has 3 aliphatic rings. The van der Waals surface area contributed by atoms with Gasteiger partial charge in [-0.05, 0) is 44.7 Å². The first kappa shape index (κ1) is 15.0. The zero-order valence-electron chi connectivity index (χ0n) is 12.3. The highest BCUT2D eigenvalue weighted by Gasteiger charge is 2.49. The number of carboxylic acid groups (broad SMARTS) is 1. The summed E-state index contributed by atoms with van der Waals surface area (Å²) in [6.45, 7) is 1.84. The number of carbonyl (C=O) groups excluding carboxylic acids is 1. The second kappa shape index (κ2) is 6.04. The van der Waals surface area contributed by atoms with Gasteiger partial charge in [0, 0.05) is 18.8 Å². The predicted molar refractivity (Wildman–Crippen MR) is 81.3 cm³/mol. The Morgan fingerprint density at radius 3 is 2.48 bits per heavy atom. The lowest BCUT2D eigenvalue weighted by Gasteiger charge is -2.37. The summed E-state index contributed by atoms with van der Waals surface area (Å²) >= 11 is 1.64. The van der Waals surface area contributed by atoms with Crippen molar-refractivity contribution >= 4 is 23.8 Å². The van der Waals surface area contributed by atoms with Crippen LogP contribution in [-0.4, -0.2) is 70.3 Å². The third kappa shape index (κ3) is 2.99. The van der Waals surface area contributed by atoms with Gasteiger partial charge in [-0.3, -0.25) is 4.90 Å². The molecule has 2 aliphatic heterocycles. The molecule has 2 amide bonds. The van der Waals surface area contributed by atoms with Gasteiger partial charge in [0.15, 0.2) is 0 Å². The van der Waals surface area contributed by atoms with Crippen LogP contribution in [0.4, 0.5) is 4.79 Å². The monoisotopic (exact) mass is 313 g/mol. The molecule has 2 unspecified atom stereocenters. The van der Waals surface area contributed by atoms with Gasteiger partial charge in [-0.2, -0.15) is 0 Å². The van der Waals surface area contributed by atoms with Crippen molar-refractivity contribution in [1.29, 1.82) is 0 Å². The molecule has 0 aromatic heterocycles. The number of carbonyl (C=O) groups is 2. The van der Waals surface area contributed by atoms with E-state index in [0.717, 1.165) is 38.8 Å². The number of hydrogen-bond donors (Lipinski definition) is 2. The molecule has 0 aromatic carbocycles. The SMILES string of the molecule is CN(C(=O)N1C(C(=O)O)CSC1C1CC1)C1CCNCC1. The number of urea groups is 1. The standard InChI is InChI=1S/C14H23N3O3S/c1-16(10-4-6-15-7-5-10)14(20)17-11(13(18)19)8-21-12(17)9-2-3-9/h9-12,15H,2-8H2,1H3,(H,18,19). The van der Waals surface area contributed by atoms with Crippen molar-refractivity contribution in [3.8, 4) is 0 Å². The number of hydrogen-bond acceptors (Lipinski definition) is 4. The fourth-order valence-electron chi connectivity index (χ4n) is 3.24. The minimum atomic E-state index is -0.877. The Labute approximate surface area is 129 Å². The van der Waals surface area contributed by atoms with Crippen LogP contribution in [0.3, 0.4) is 0 Å². The number of aliphatic carboxylic acids is 1. The zero-order valence-corrected chi connectivity index (χ0v) is 13.1. The Hall–Kier alpha value is -0.950. The molecule has 2 atom stereocenters. The lowest BCUT2D eigenvalue weighted by Crippen LogP contribution is -2.54. The van der Waals surface area contributed by atoms with E-state index in [1.807, 2.05) is 7.05 Å². The van der Waals surface area contributed by atoms with E-state index in [1.54, 1.807) is 21.6 Å². The quantitative estimate of drug-likeness (QED) is 0.814. The topological polar surface area (TPSA) is 72.9 Å². The molecule has 0 aromatic rings. The summed E-state index contributed by atoms with van der Waals surface area (Å²) in [7, 11) is 1.82. The molecule has 0 radical (unpaired) electrons. The summed E-state index contributed by atoms with van der Waals surface area (Å²) in [6.07, 6.45) is 4.11. The summed E-state index contributed by atoms with van der Waals surface area (Å²) < 4.78 is 0. The fraction of sp³-hybridized carbons (Fsp3) is 0.857. The van der Waals surface area contributed by atoms with E-state index in [-0.39, 0.29) is 17.4 Å². The minimum Gasteiger partial charge on any atom is -0.480 e. The van der Waals surface area contributed by atoms with Crippen molar-refractivity contribution in [2.24, 2.45) is 5.92 Å². The first-order chi connectivity index (χ1) is 10.1. The lowest BCUT2D eigenvalue weighted by atomic mass is 10.1. The van der Waals surface area contributed by atoms with Crippen LogP contribution in [0, 0.1) is 5.92 Å². The molecule has 0 bridgehead atoms. The summed E-state index contributed by atoms with van der Waals surface area (Å²) in [5.41, 5.74) is 0. The molecular formula is C14H23N3O3S. The average molecular weight is 313 g/mol. The third-order valence-electron chi connectivity index (χ3n) is 4.72. The predicted octanol–water partition coefficient (Wildman–Crippen LogP) is 1.03. The van der Waals surface area contributed by atoms with E-state index in [9.17, 15) is 14.7 Å². The molecule has 3 fully saturated rings. The third-order valence-corrected chi connectivity index (χ3v) is 6.19. The van der Waals surface area contributed by atoms with Gasteiger partial charge in [0.25, 0.3) is 0 Å². The minimum absolute atomic E-state index is 0.0581. The first-order valence-corrected chi connectivity index (χ1v) is 8.74. The molecule has 2 saturated heterocycles. The number of thioether (sulfide) groups is 1. The van der Waals surface area contributed by atoms with Crippen LogP contribution in [0.25, 0.3) is 0 Å².